The molecule has 0 aliphatic carbocycles. The van der Waals surface area contributed by atoms with E-state index in [0.29, 0.717) is 29.7 Å². The van der Waals surface area contributed by atoms with Gasteiger partial charge in [0.25, 0.3) is 0 Å². The molecule has 0 aromatic rings. The molecule has 0 aliphatic heterocycles. The normalized spacial score (nSPS) is 11.9. The predicted molar refractivity (Wildman–Crippen MR) is 80.9 cm³/mol. The first-order valence-corrected chi connectivity index (χ1v) is 9.94. The Labute approximate surface area is 120 Å². The van der Waals surface area contributed by atoms with Crippen molar-refractivity contribution in [3.63, 3.8) is 0 Å². The third kappa shape index (κ3) is 18.2. The molecule has 0 spiro atoms. The SMILES string of the molecule is O=S(=O)(O)SCCNCCCCCCCCCCO. The van der Waals surface area contributed by atoms with Gasteiger partial charge in [-0.05, 0) is 30.2 Å². The van der Waals surface area contributed by atoms with Crippen molar-refractivity contribution in [2.45, 2.75) is 51.4 Å². The number of aliphatic hydroxyl groups excluding tert-OH is 1. The van der Waals surface area contributed by atoms with Crippen LogP contribution in [0.1, 0.15) is 51.4 Å². The minimum Gasteiger partial charge on any atom is -0.396 e. The summed E-state index contributed by atoms with van der Waals surface area (Å²) < 4.78 is 29.3. The lowest BCUT2D eigenvalue weighted by atomic mass is 10.1. The van der Waals surface area contributed by atoms with Crippen molar-refractivity contribution in [1.29, 1.82) is 0 Å². The standard InChI is InChI=1S/C12H27NO4S2/c14-11-8-6-4-2-1-3-5-7-9-13-10-12-18-19(15,16)17/h13-14H,1-12H2,(H,15,16,17). The van der Waals surface area contributed by atoms with E-state index < -0.39 is 9.15 Å². The largest absolute Gasteiger partial charge is 0.396 e. The van der Waals surface area contributed by atoms with Gasteiger partial charge in [-0.15, -0.1) is 0 Å². The Balaban J connectivity index is 3.03. The van der Waals surface area contributed by atoms with Gasteiger partial charge >= 0.3 is 9.15 Å². The van der Waals surface area contributed by atoms with Crippen molar-refractivity contribution in [2.24, 2.45) is 0 Å². The van der Waals surface area contributed by atoms with Crippen LogP contribution in [0.15, 0.2) is 0 Å². The summed E-state index contributed by atoms with van der Waals surface area (Å²) in [5, 5.41) is 11.8. The number of unbranched alkanes of at least 4 members (excludes halogenated alkanes) is 7. The Morgan fingerprint density at radius 3 is 1.89 bits per heavy atom. The molecule has 0 bridgehead atoms. The molecule has 0 aromatic heterocycles. The van der Waals surface area contributed by atoms with Gasteiger partial charge in [-0.2, -0.15) is 8.42 Å². The van der Waals surface area contributed by atoms with E-state index in [1.807, 2.05) is 0 Å². The molecule has 116 valence electrons. The summed E-state index contributed by atoms with van der Waals surface area (Å²) in [5.41, 5.74) is 0. The highest BCUT2D eigenvalue weighted by Gasteiger charge is 2.03. The Kier molecular flexibility index (Phi) is 13.3. The van der Waals surface area contributed by atoms with E-state index in [1.165, 1.54) is 32.1 Å². The number of hydrogen-bond acceptors (Lipinski definition) is 5. The molecule has 0 heterocycles. The average molecular weight is 313 g/mol. The summed E-state index contributed by atoms with van der Waals surface area (Å²) in [6.07, 6.45) is 9.30. The summed E-state index contributed by atoms with van der Waals surface area (Å²) in [5.74, 6) is 0.379. The fourth-order valence-corrected chi connectivity index (χ4v) is 3.09. The molecule has 0 saturated carbocycles. The fourth-order valence-electron chi connectivity index (χ4n) is 1.77. The lowest BCUT2D eigenvalue weighted by molar-refractivity contribution is 0.282. The van der Waals surface area contributed by atoms with Crippen molar-refractivity contribution >= 4 is 19.9 Å². The molecule has 0 radical (unpaired) electrons. The molecule has 7 heteroatoms. The summed E-state index contributed by atoms with van der Waals surface area (Å²) >= 11 is 0. The molecule has 0 aromatic carbocycles. The minimum atomic E-state index is -3.88. The quantitative estimate of drug-likeness (QED) is 0.259. The van der Waals surface area contributed by atoms with Gasteiger partial charge < -0.3 is 10.4 Å². The monoisotopic (exact) mass is 313 g/mol. The first-order chi connectivity index (χ1) is 9.06. The van der Waals surface area contributed by atoms with Gasteiger partial charge in [0.05, 0.1) is 0 Å². The van der Waals surface area contributed by atoms with Crippen LogP contribution in [0, 0.1) is 0 Å². The molecule has 0 aliphatic rings. The van der Waals surface area contributed by atoms with Crippen LogP contribution < -0.4 is 5.32 Å². The van der Waals surface area contributed by atoms with E-state index in [2.05, 4.69) is 5.32 Å². The van der Waals surface area contributed by atoms with Crippen LogP contribution in [-0.4, -0.2) is 43.5 Å². The van der Waals surface area contributed by atoms with E-state index in [1.54, 1.807) is 0 Å². The van der Waals surface area contributed by atoms with E-state index in [4.69, 9.17) is 9.66 Å². The molecule has 5 nitrogen and oxygen atoms in total. The highest BCUT2D eigenvalue weighted by Crippen LogP contribution is 2.08. The lowest BCUT2D eigenvalue weighted by Crippen LogP contribution is -2.18. The smallest absolute Gasteiger partial charge is 0.319 e. The molecule has 0 saturated heterocycles. The topological polar surface area (TPSA) is 86.6 Å². The van der Waals surface area contributed by atoms with Gasteiger partial charge in [0.15, 0.2) is 0 Å². The minimum absolute atomic E-state index is 0.307. The zero-order valence-corrected chi connectivity index (χ0v) is 13.1. The second-order valence-corrected chi connectivity index (χ2v) is 8.02. The van der Waals surface area contributed by atoms with Gasteiger partial charge in [0, 0.05) is 18.9 Å². The van der Waals surface area contributed by atoms with Crippen LogP contribution in [0.4, 0.5) is 0 Å². The van der Waals surface area contributed by atoms with E-state index in [9.17, 15) is 8.42 Å². The van der Waals surface area contributed by atoms with Crippen molar-refractivity contribution < 1.29 is 18.1 Å². The van der Waals surface area contributed by atoms with Gasteiger partial charge in [0.1, 0.15) is 0 Å². The Morgan fingerprint density at radius 2 is 1.37 bits per heavy atom. The maximum absolute atomic E-state index is 10.4. The van der Waals surface area contributed by atoms with E-state index in [-0.39, 0.29) is 0 Å². The van der Waals surface area contributed by atoms with E-state index in [0.717, 1.165) is 25.8 Å². The fraction of sp³-hybridized carbons (Fsp3) is 1.00. The van der Waals surface area contributed by atoms with Crippen LogP contribution in [0.3, 0.4) is 0 Å². The molecule has 19 heavy (non-hydrogen) atoms. The Morgan fingerprint density at radius 1 is 0.842 bits per heavy atom. The second kappa shape index (κ2) is 13.2. The summed E-state index contributed by atoms with van der Waals surface area (Å²) in [4.78, 5) is 0. The zero-order chi connectivity index (χ0) is 14.4. The molecule has 0 amide bonds. The molecule has 0 fully saturated rings. The molecular formula is C12H27NO4S2. The van der Waals surface area contributed by atoms with Crippen LogP contribution in [0.5, 0.6) is 0 Å². The van der Waals surface area contributed by atoms with Crippen LogP contribution in [0.25, 0.3) is 0 Å². The van der Waals surface area contributed by atoms with Crippen LogP contribution >= 0.6 is 10.8 Å². The molecule has 0 rings (SSSR count). The van der Waals surface area contributed by atoms with Crippen molar-refractivity contribution in [1.82, 2.24) is 5.32 Å². The summed E-state index contributed by atoms with van der Waals surface area (Å²) in [6.45, 7) is 1.81. The van der Waals surface area contributed by atoms with E-state index >= 15 is 0 Å². The summed E-state index contributed by atoms with van der Waals surface area (Å²) in [6, 6.07) is 0. The highest BCUT2D eigenvalue weighted by atomic mass is 33.1. The maximum Gasteiger partial charge on any atom is 0.319 e. The van der Waals surface area contributed by atoms with Crippen LogP contribution in [0.2, 0.25) is 0 Å². The lowest BCUT2D eigenvalue weighted by Gasteiger charge is -2.04. The molecule has 3 N–H and O–H groups in total. The first kappa shape index (κ1) is 19.2. The Bertz CT molecular complexity index is 283. The second-order valence-electron chi connectivity index (χ2n) is 4.55. The third-order valence-electron chi connectivity index (χ3n) is 2.77. The molecular weight excluding hydrogens is 286 g/mol. The van der Waals surface area contributed by atoms with Gasteiger partial charge in [0.2, 0.25) is 0 Å². The summed E-state index contributed by atoms with van der Waals surface area (Å²) in [7, 11) is -3.32. The third-order valence-corrected chi connectivity index (χ3v) is 4.83. The molecule has 0 unspecified atom stereocenters. The Hall–Kier alpha value is 0.180. The van der Waals surface area contributed by atoms with Crippen molar-refractivity contribution in [2.75, 3.05) is 25.4 Å². The number of nitrogens with one attached hydrogen (secondary N) is 1. The van der Waals surface area contributed by atoms with Gasteiger partial charge in [-0.3, -0.25) is 4.55 Å². The van der Waals surface area contributed by atoms with Crippen molar-refractivity contribution in [3.05, 3.63) is 0 Å². The maximum atomic E-state index is 10.4. The number of hydrogen-bond donors (Lipinski definition) is 3. The van der Waals surface area contributed by atoms with Gasteiger partial charge in [-0.1, -0.05) is 38.5 Å². The highest BCUT2D eigenvalue weighted by molar-refractivity contribution is 8.69. The first-order valence-electron chi connectivity index (χ1n) is 6.99. The van der Waals surface area contributed by atoms with Gasteiger partial charge in [-0.25, -0.2) is 0 Å². The number of rotatable bonds is 14. The van der Waals surface area contributed by atoms with Crippen molar-refractivity contribution in [3.8, 4) is 0 Å². The zero-order valence-electron chi connectivity index (χ0n) is 11.5. The predicted octanol–water partition coefficient (Wildman–Crippen LogP) is 2.23. The molecule has 0 atom stereocenters. The number of aliphatic hydroxyl groups is 1. The van der Waals surface area contributed by atoms with Crippen LogP contribution in [-0.2, 0) is 9.15 Å². The average Bonchev–Trinajstić information content (AvgIpc) is 2.34.